The Kier molecular flexibility index (Phi) is 27.8. The number of primary amides is 1. The van der Waals surface area contributed by atoms with Crippen LogP contribution in [-0.2, 0) is 72.0 Å². The van der Waals surface area contributed by atoms with Crippen molar-refractivity contribution in [1.82, 2.24) is 47.4 Å². The Morgan fingerprint density at radius 3 is 1.65 bits per heavy atom. The summed E-state index contributed by atoms with van der Waals surface area (Å²) in [5, 5.41) is 70.4. The molecule has 1 saturated heterocycles. The molecule has 3 aromatic carbocycles. The molecule has 1 heterocycles. The standard InChI is InChI=1S/C58H82N12O16/c1-31(2)25-41(53(80)67-44(58(85)86)28-34-11-6-5-7-12-34)66-56(83)48(33(4)72)69-54(81)42(27-36-17-21-38(74)22-18-36)64-49(76)32(3)62-52(79)43(29-47(61)75)65-55(82)46-14-10-24-70(46)57(84)45(30-71)68-51(78)40(13-8-9-23-59)63-50(77)39(60)26-35-15-19-37(73)20-16-35/h5-7,11-12,15-22,31-33,39-46,48,71-74H,8-10,13-14,23-30,59-60H2,1-4H3,(H2,61,75)(H,62,79)(H,63,77)(H,64,76)(H,65,82)(H,66,83)(H,67,80)(H,68,78)(H,69,81)(H,85,86)/t32-,33+,39-,40-,41-,42-,43-,44-,45-,46-,48-/m0/s1. The zero-order valence-corrected chi connectivity index (χ0v) is 48.5. The molecule has 3 aromatic rings. The second-order valence-electron chi connectivity index (χ2n) is 21.7. The molecule has 470 valence electrons. The molecule has 1 fully saturated rings. The summed E-state index contributed by atoms with van der Waals surface area (Å²) in [6.07, 6.45) is -1.52. The van der Waals surface area contributed by atoms with E-state index < -0.39 is 145 Å². The quantitative estimate of drug-likeness (QED) is 0.0263. The van der Waals surface area contributed by atoms with Crippen molar-refractivity contribution in [2.45, 2.75) is 158 Å². The number of nitrogens with one attached hydrogen (secondary N) is 8. The second kappa shape index (κ2) is 34.3. The van der Waals surface area contributed by atoms with Gasteiger partial charge in [-0.05, 0) is 112 Å². The largest absolute Gasteiger partial charge is 0.508 e. The number of amides is 10. The summed E-state index contributed by atoms with van der Waals surface area (Å²) in [6.45, 7) is 5.17. The van der Waals surface area contributed by atoms with Crippen molar-refractivity contribution in [3.63, 3.8) is 0 Å². The number of aliphatic hydroxyl groups is 2. The molecule has 1 aliphatic heterocycles. The summed E-state index contributed by atoms with van der Waals surface area (Å²) >= 11 is 0. The minimum Gasteiger partial charge on any atom is -0.508 e. The molecule has 19 N–H and O–H groups in total. The molecule has 28 heteroatoms. The van der Waals surface area contributed by atoms with Crippen molar-refractivity contribution in [3.05, 3.63) is 95.6 Å². The highest BCUT2D eigenvalue weighted by Crippen LogP contribution is 2.20. The first-order valence-corrected chi connectivity index (χ1v) is 28.3. The van der Waals surface area contributed by atoms with E-state index in [-0.39, 0.29) is 75.5 Å². The normalized spacial score (nSPS) is 16.4. The highest BCUT2D eigenvalue weighted by molar-refractivity contribution is 5.99. The van der Waals surface area contributed by atoms with Crippen LogP contribution >= 0.6 is 0 Å². The number of hydrogen-bond donors (Lipinski definition) is 16. The number of hydrogen-bond acceptors (Lipinski definition) is 17. The minimum absolute atomic E-state index is 0.0113. The number of unbranched alkanes of at least 4 members (excludes halogenated alkanes) is 1. The highest BCUT2D eigenvalue weighted by atomic mass is 16.4. The summed E-state index contributed by atoms with van der Waals surface area (Å²) < 4.78 is 0. The van der Waals surface area contributed by atoms with E-state index in [9.17, 15) is 78.3 Å². The first-order valence-electron chi connectivity index (χ1n) is 28.3. The van der Waals surface area contributed by atoms with Gasteiger partial charge in [0.05, 0.1) is 25.2 Å². The summed E-state index contributed by atoms with van der Waals surface area (Å²) in [6, 6.07) is 5.35. The molecule has 10 amide bonds. The van der Waals surface area contributed by atoms with Crippen molar-refractivity contribution in [3.8, 4) is 11.5 Å². The molecule has 4 rings (SSSR count). The van der Waals surface area contributed by atoms with E-state index >= 15 is 0 Å². The molecule has 0 saturated carbocycles. The molecule has 0 bridgehead atoms. The van der Waals surface area contributed by atoms with Crippen LogP contribution in [0, 0.1) is 5.92 Å². The van der Waals surface area contributed by atoms with Gasteiger partial charge in [-0.2, -0.15) is 0 Å². The number of phenols is 2. The Bertz CT molecular complexity index is 2810. The van der Waals surface area contributed by atoms with E-state index in [1.54, 1.807) is 56.3 Å². The molecule has 1 aliphatic rings. The van der Waals surface area contributed by atoms with Gasteiger partial charge in [0.1, 0.15) is 65.9 Å². The number of aliphatic hydroxyl groups excluding tert-OH is 2. The van der Waals surface area contributed by atoms with Gasteiger partial charge in [-0.3, -0.25) is 47.9 Å². The predicted octanol–water partition coefficient (Wildman–Crippen LogP) is -3.15. The SMILES string of the molecule is CC(C)C[C@H](NC(=O)[C@@H](NC(=O)[C@H](Cc1ccc(O)cc1)NC(=O)[C@H](C)NC(=O)[C@H](CC(N)=O)NC(=O)[C@@H]1CCCN1C(=O)[C@H](CO)NC(=O)[C@H](CCCCN)NC(=O)[C@@H](N)Cc1ccc(O)cc1)[C@@H](C)O)C(=O)N[C@@H](Cc1ccccc1)C(=O)O. The Morgan fingerprint density at radius 1 is 0.581 bits per heavy atom. The number of nitrogens with zero attached hydrogens (tertiary/aromatic N) is 1. The van der Waals surface area contributed by atoms with E-state index in [0.717, 1.165) is 4.90 Å². The van der Waals surface area contributed by atoms with Gasteiger partial charge in [-0.25, -0.2) is 4.79 Å². The molecule has 0 aliphatic carbocycles. The van der Waals surface area contributed by atoms with Crippen LogP contribution < -0.4 is 59.7 Å². The molecule has 0 spiro atoms. The number of aliphatic carboxylic acids is 1. The molecule has 0 unspecified atom stereocenters. The lowest BCUT2D eigenvalue weighted by atomic mass is 10.00. The molecule has 0 aromatic heterocycles. The van der Waals surface area contributed by atoms with E-state index in [4.69, 9.17) is 17.2 Å². The molecule has 28 nitrogen and oxygen atoms in total. The summed E-state index contributed by atoms with van der Waals surface area (Å²) in [4.78, 5) is 150. The third-order valence-electron chi connectivity index (χ3n) is 14.0. The fourth-order valence-electron chi connectivity index (χ4n) is 9.36. The highest BCUT2D eigenvalue weighted by Gasteiger charge is 2.41. The van der Waals surface area contributed by atoms with Crippen LogP contribution in [-0.4, -0.2) is 182 Å². The van der Waals surface area contributed by atoms with Crippen LogP contribution in [0.25, 0.3) is 0 Å². The molecule has 86 heavy (non-hydrogen) atoms. The first-order chi connectivity index (χ1) is 40.7. The average molecular weight is 1200 g/mol. The molecule has 11 atom stereocenters. The minimum atomic E-state index is -1.77. The number of phenolic OH excluding ortho intramolecular Hbond substituents is 2. The fourth-order valence-corrected chi connectivity index (χ4v) is 9.36. The number of carbonyl (C=O) groups excluding carboxylic acids is 10. The zero-order valence-electron chi connectivity index (χ0n) is 48.5. The lowest BCUT2D eigenvalue weighted by Crippen LogP contribution is -2.62. The maximum Gasteiger partial charge on any atom is 0.326 e. The topological polar surface area (TPSA) is 466 Å². The number of benzene rings is 3. The Hall–Kier alpha value is -8.73. The number of rotatable bonds is 34. The first kappa shape index (κ1) is 69.8. The Balaban J connectivity index is 1.46. The lowest BCUT2D eigenvalue weighted by molar-refractivity contribution is -0.143. The van der Waals surface area contributed by atoms with Crippen molar-refractivity contribution < 1.29 is 78.3 Å². The number of carboxylic acids is 1. The Morgan fingerprint density at radius 2 is 1.09 bits per heavy atom. The van der Waals surface area contributed by atoms with Crippen molar-refractivity contribution in [2.24, 2.45) is 23.1 Å². The van der Waals surface area contributed by atoms with Crippen LogP contribution in [0.3, 0.4) is 0 Å². The number of carboxylic acid groups (broad SMARTS) is 1. The fraction of sp³-hybridized carbons (Fsp3) is 0.500. The van der Waals surface area contributed by atoms with E-state index in [0.29, 0.717) is 29.5 Å². The summed E-state index contributed by atoms with van der Waals surface area (Å²) in [5.41, 5.74) is 18.9. The van der Waals surface area contributed by atoms with Gasteiger partial charge >= 0.3 is 5.97 Å². The van der Waals surface area contributed by atoms with Crippen LogP contribution in [0.15, 0.2) is 78.9 Å². The van der Waals surface area contributed by atoms with E-state index in [1.807, 2.05) is 0 Å². The van der Waals surface area contributed by atoms with Gasteiger partial charge in [0, 0.05) is 19.4 Å². The number of aromatic hydroxyl groups is 2. The number of likely N-dealkylation sites (tertiary alicyclic amines) is 1. The smallest absolute Gasteiger partial charge is 0.326 e. The maximum absolute atomic E-state index is 14.2. The predicted molar refractivity (Wildman–Crippen MR) is 310 cm³/mol. The second-order valence-corrected chi connectivity index (χ2v) is 21.7. The summed E-state index contributed by atoms with van der Waals surface area (Å²) in [5.74, 6) is -11.2. The van der Waals surface area contributed by atoms with Gasteiger partial charge in [-0.1, -0.05) is 68.4 Å². The van der Waals surface area contributed by atoms with Gasteiger partial charge < -0.3 is 90.2 Å². The number of carbonyl (C=O) groups is 11. The van der Waals surface area contributed by atoms with Gasteiger partial charge in [0.25, 0.3) is 0 Å². The lowest BCUT2D eigenvalue weighted by Gasteiger charge is -2.30. The van der Waals surface area contributed by atoms with E-state index in [1.165, 1.54) is 50.2 Å². The summed E-state index contributed by atoms with van der Waals surface area (Å²) in [7, 11) is 0. The Labute approximate surface area is 497 Å². The van der Waals surface area contributed by atoms with Crippen molar-refractivity contribution in [2.75, 3.05) is 19.7 Å². The van der Waals surface area contributed by atoms with Crippen LogP contribution in [0.1, 0.15) is 89.3 Å². The number of nitrogens with two attached hydrogens (primary N) is 3. The van der Waals surface area contributed by atoms with Crippen molar-refractivity contribution >= 4 is 65.0 Å². The van der Waals surface area contributed by atoms with Gasteiger partial charge in [0.15, 0.2) is 0 Å². The van der Waals surface area contributed by atoms with Crippen LogP contribution in [0.5, 0.6) is 11.5 Å². The molecular weight excluding hydrogens is 1120 g/mol. The molecular formula is C58H82N12O16. The van der Waals surface area contributed by atoms with Gasteiger partial charge in [-0.15, -0.1) is 0 Å². The van der Waals surface area contributed by atoms with E-state index in [2.05, 4.69) is 42.5 Å². The monoisotopic (exact) mass is 1200 g/mol. The third kappa shape index (κ3) is 22.4. The maximum atomic E-state index is 14.2. The molecule has 0 radical (unpaired) electrons. The third-order valence-corrected chi connectivity index (χ3v) is 14.0. The van der Waals surface area contributed by atoms with Crippen LogP contribution in [0.2, 0.25) is 0 Å². The van der Waals surface area contributed by atoms with Crippen LogP contribution in [0.4, 0.5) is 0 Å². The van der Waals surface area contributed by atoms with Crippen molar-refractivity contribution in [1.29, 1.82) is 0 Å². The average Bonchev–Trinajstić information content (AvgIpc) is 3.17. The van der Waals surface area contributed by atoms with Gasteiger partial charge in [0.2, 0.25) is 59.1 Å². The zero-order chi connectivity index (χ0) is 63.8.